The molecule has 0 aliphatic heterocycles. The monoisotopic (exact) mass is 413 g/mol. The number of ketones is 1. The Morgan fingerprint density at radius 1 is 1.12 bits per heavy atom. The minimum atomic E-state index is -0.414. The molecule has 1 unspecified atom stereocenters. The Hall–Kier alpha value is -2.53. The van der Waals surface area contributed by atoms with Crippen LogP contribution >= 0.6 is 15.9 Å². The van der Waals surface area contributed by atoms with Crippen LogP contribution in [0.3, 0.4) is 0 Å². The Labute approximate surface area is 159 Å². The van der Waals surface area contributed by atoms with Crippen LogP contribution in [0.25, 0.3) is 0 Å². The summed E-state index contributed by atoms with van der Waals surface area (Å²) in [5.74, 6) is -0.899. The van der Waals surface area contributed by atoms with Crippen LogP contribution in [-0.4, -0.2) is 10.8 Å². The number of H-pyrrole nitrogens is 1. The van der Waals surface area contributed by atoms with Gasteiger partial charge in [0, 0.05) is 34.6 Å². The largest absolute Gasteiger partial charge is 0.328 e. The van der Waals surface area contributed by atoms with E-state index in [-0.39, 0.29) is 23.6 Å². The first-order chi connectivity index (χ1) is 12.4. The van der Waals surface area contributed by atoms with Gasteiger partial charge >= 0.3 is 0 Å². The summed E-state index contributed by atoms with van der Waals surface area (Å²) in [6.45, 7) is 1.83. The number of benzene rings is 2. The summed E-state index contributed by atoms with van der Waals surface area (Å²) in [5.41, 5.74) is 2.30. The lowest BCUT2D eigenvalue weighted by molar-refractivity contribution is 0.0977. The van der Waals surface area contributed by atoms with Gasteiger partial charge in [-0.2, -0.15) is 0 Å². The summed E-state index contributed by atoms with van der Waals surface area (Å²) < 4.78 is 15.5. The molecule has 3 aromatic rings. The van der Waals surface area contributed by atoms with E-state index in [1.807, 2.05) is 37.3 Å². The second-order valence-electron chi connectivity index (χ2n) is 6.20. The van der Waals surface area contributed by atoms with Crippen LogP contribution in [0.2, 0.25) is 0 Å². The normalized spacial score (nSPS) is 12.0. The van der Waals surface area contributed by atoms with Crippen LogP contribution in [0.1, 0.15) is 39.4 Å². The lowest BCUT2D eigenvalue weighted by Gasteiger charge is -2.19. The molecule has 1 atom stereocenters. The summed E-state index contributed by atoms with van der Waals surface area (Å²) in [6, 6.07) is 15.4. The topological polar surface area (TPSA) is 49.9 Å². The van der Waals surface area contributed by atoms with Gasteiger partial charge in [0.1, 0.15) is 5.82 Å². The molecule has 1 N–H and O–H groups in total. The summed E-state index contributed by atoms with van der Waals surface area (Å²) in [6.07, 6.45) is 1.50. The van der Waals surface area contributed by atoms with E-state index in [0.717, 1.165) is 15.6 Å². The Kier molecular flexibility index (Phi) is 5.47. The van der Waals surface area contributed by atoms with Crippen LogP contribution in [-0.2, 0) is 0 Å². The molecule has 0 bridgehead atoms. The number of carbonyl (C=O) groups excluding carboxylic acids is 1. The molecule has 0 fully saturated rings. The Morgan fingerprint density at radius 3 is 2.46 bits per heavy atom. The highest BCUT2D eigenvalue weighted by Crippen LogP contribution is 2.32. The third-order valence-electron chi connectivity index (χ3n) is 4.30. The smallest absolute Gasteiger partial charge is 0.247 e. The number of Topliss-reactive ketones (excluding diaryl/α,β-unsaturated/α-hetero) is 1. The maximum absolute atomic E-state index is 14.6. The van der Waals surface area contributed by atoms with Gasteiger partial charge in [0.25, 0.3) is 0 Å². The average molecular weight is 414 g/mol. The van der Waals surface area contributed by atoms with Gasteiger partial charge in [-0.3, -0.25) is 9.59 Å². The van der Waals surface area contributed by atoms with E-state index in [2.05, 4.69) is 20.9 Å². The first-order valence-corrected chi connectivity index (χ1v) is 8.97. The number of aryl methyl sites for hydroxylation is 1. The zero-order chi connectivity index (χ0) is 18.7. The van der Waals surface area contributed by atoms with Crippen molar-refractivity contribution in [3.8, 4) is 0 Å². The molecule has 0 aliphatic rings. The van der Waals surface area contributed by atoms with Gasteiger partial charge < -0.3 is 4.98 Å². The lowest BCUT2D eigenvalue weighted by Crippen LogP contribution is -2.13. The Morgan fingerprint density at radius 2 is 1.85 bits per heavy atom. The van der Waals surface area contributed by atoms with Crippen molar-refractivity contribution in [3.05, 3.63) is 104 Å². The molecular formula is C21H17BrFNO2. The summed E-state index contributed by atoms with van der Waals surface area (Å²) >= 11 is 3.39. The lowest BCUT2D eigenvalue weighted by atomic mass is 9.85. The first kappa shape index (κ1) is 18.3. The van der Waals surface area contributed by atoms with Crippen LogP contribution in [0.5, 0.6) is 0 Å². The molecule has 0 saturated heterocycles. The molecule has 1 heterocycles. The van der Waals surface area contributed by atoms with E-state index in [0.29, 0.717) is 11.1 Å². The average Bonchev–Trinajstić information content (AvgIpc) is 2.61. The predicted molar refractivity (Wildman–Crippen MR) is 103 cm³/mol. The summed E-state index contributed by atoms with van der Waals surface area (Å²) in [5, 5.41) is 0. The van der Waals surface area contributed by atoms with Gasteiger partial charge in [-0.15, -0.1) is 0 Å². The van der Waals surface area contributed by atoms with Crippen molar-refractivity contribution in [1.29, 1.82) is 0 Å². The Balaban J connectivity index is 1.99. The van der Waals surface area contributed by atoms with Crippen molar-refractivity contribution in [2.24, 2.45) is 0 Å². The highest BCUT2D eigenvalue weighted by atomic mass is 79.9. The molecule has 0 radical (unpaired) electrons. The second-order valence-corrected chi connectivity index (χ2v) is 7.11. The zero-order valence-electron chi connectivity index (χ0n) is 14.1. The number of pyridine rings is 1. The SMILES string of the molecule is Cc1ccc(C(CC(=O)c2ccc(=O)[nH]c2)c2ccc(Br)cc2)c(F)c1. The maximum atomic E-state index is 14.6. The Bertz CT molecular complexity index is 975. The number of hydrogen-bond donors (Lipinski definition) is 1. The minimum Gasteiger partial charge on any atom is -0.328 e. The molecular weight excluding hydrogens is 397 g/mol. The standard InChI is InChI=1S/C21H17BrFNO2/c1-13-2-8-17(19(23)10-13)18(14-3-6-16(22)7-4-14)11-20(25)15-5-9-21(26)24-12-15/h2-10,12,18H,11H2,1H3,(H,24,26). The fourth-order valence-corrected chi connectivity index (χ4v) is 3.17. The highest BCUT2D eigenvalue weighted by Gasteiger charge is 2.22. The molecule has 1 aromatic heterocycles. The predicted octanol–water partition coefficient (Wildman–Crippen LogP) is 4.99. The number of nitrogens with one attached hydrogen (secondary N) is 1. The molecule has 5 heteroatoms. The van der Waals surface area contributed by atoms with Crippen molar-refractivity contribution in [1.82, 2.24) is 4.98 Å². The maximum Gasteiger partial charge on any atom is 0.247 e. The van der Waals surface area contributed by atoms with Gasteiger partial charge in [0.05, 0.1) is 0 Å². The molecule has 2 aromatic carbocycles. The molecule has 0 aliphatic carbocycles. The fraction of sp³-hybridized carbons (Fsp3) is 0.143. The molecule has 0 amide bonds. The van der Waals surface area contributed by atoms with Crippen molar-refractivity contribution in [3.63, 3.8) is 0 Å². The molecule has 3 rings (SSSR count). The number of carbonyl (C=O) groups is 1. The zero-order valence-corrected chi connectivity index (χ0v) is 15.7. The minimum absolute atomic E-state index is 0.105. The van der Waals surface area contributed by atoms with E-state index >= 15 is 0 Å². The molecule has 26 heavy (non-hydrogen) atoms. The molecule has 0 spiro atoms. The number of aromatic amines is 1. The van der Waals surface area contributed by atoms with Crippen molar-refractivity contribution >= 4 is 21.7 Å². The van der Waals surface area contributed by atoms with E-state index in [4.69, 9.17) is 0 Å². The van der Waals surface area contributed by atoms with Gasteiger partial charge in [0.2, 0.25) is 5.56 Å². The van der Waals surface area contributed by atoms with E-state index in [1.165, 1.54) is 24.4 Å². The quantitative estimate of drug-likeness (QED) is 0.598. The van der Waals surface area contributed by atoms with E-state index in [1.54, 1.807) is 6.07 Å². The molecule has 0 saturated carbocycles. The number of aromatic nitrogens is 1. The van der Waals surface area contributed by atoms with Crippen LogP contribution in [0, 0.1) is 12.7 Å². The van der Waals surface area contributed by atoms with Crippen LogP contribution in [0.15, 0.2) is 70.1 Å². The number of halogens is 2. The third kappa shape index (κ3) is 4.17. The first-order valence-electron chi connectivity index (χ1n) is 8.17. The summed E-state index contributed by atoms with van der Waals surface area (Å²) in [7, 11) is 0. The highest BCUT2D eigenvalue weighted by molar-refractivity contribution is 9.10. The van der Waals surface area contributed by atoms with Crippen molar-refractivity contribution < 1.29 is 9.18 Å². The number of hydrogen-bond acceptors (Lipinski definition) is 2. The number of rotatable bonds is 5. The third-order valence-corrected chi connectivity index (χ3v) is 4.83. The van der Waals surface area contributed by atoms with Crippen LogP contribution < -0.4 is 5.56 Å². The van der Waals surface area contributed by atoms with Gasteiger partial charge in [-0.1, -0.05) is 40.2 Å². The van der Waals surface area contributed by atoms with Crippen molar-refractivity contribution in [2.75, 3.05) is 0 Å². The van der Waals surface area contributed by atoms with Crippen LogP contribution in [0.4, 0.5) is 4.39 Å². The van der Waals surface area contributed by atoms with E-state index in [9.17, 15) is 14.0 Å². The van der Waals surface area contributed by atoms with Crippen molar-refractivity contribution in [2.45, 2.75) is 19.3 Å². The van der Waals surface area contributed by atoms with E-state index < -0.39 is 5.92 Å². The molecule has 132 valence electrons. The van der Waals surface area contributed by atoms with Gasteiger partial charge in [-0.05, 0) is 47.9 Å². The summed E-state index contributed by atoms with van der Waals surface area (Å²) in [4.78, 5) is 26.4. The molecule has 3 nitrogen and oxygen atoms in total. The second kappa shape index (κ2) is 7.79. The van der Waals surface area contributed by atoms with Gasteiger partial charge in [-0.25, -0.2) is 4.39 Å². The van der Waals surface area contributed by atoms with Gasteiger partial charge in [0.15, 0.2) is 5.78 Å². The fourth-order valence-electron chi connectivity index (χ4n) is 2.90.